The van der Waals surface area contributed by atoms with E-state index in [9.17, 15) is 14.7 Å². The first kappa shape index (κ1) is 18.4. The zero-order valence-corrected chi connectivity index (χ0v) is 17.0. The van der Waals surface area contributed by atoms with Crippen LogP contribution in [0.15, 0.2) is 0 Å². The van der Waals surface area contributed by atoms with Crippen molar-refractivity contribution in [2.45, 2.75) is 66.6 Å². The van der Waals surface area contributed by atoms with E-state index in [4.69, 9.17) is 4.74 Å². The van der Waals surface area contributed by atoms with Crippen LogP contribution in [0.4, 0.5) is 5.00 Å². The van der Waals surface area contributed by atoms with Gasteiger partial charge in [0.2, 0.25) is 5.91 Å². The summed E-state index contributed by atoms with van der Waals surface area (Å²) >= 11 is 1.32. The van der Waals surface area contributed by atoms with Gasteiger partial charge in [-0.1, -0.05) is 27.7 Å². The maximum absolute atomic E-state index is 12.8. The number of ether oxygens (including phenoxy) is 1. The lowest BCUT2D eigenvalue weighted by molar-refractivity contribution is -0.118. The van der Waals surface area contributed by atoms with Gasteiger partial charge in [0, 0.05) is 16.4 Å². The summed E-state index contributed by atoms with van der Waals surface area (Å²) in [6.45, 7) is 15.9. The van der Waals surface area contributed by atoms with E-state index in [1.165, 1.54) is 11.3 Å². The third-order valence-corrected chi connectivity index (χ3v) is 7.71. The predicted octanol–water partition coefficient (Wildman–Crippen LogP) is 4.57. The van der Waals surface area contributed by atoms with Crippen molar-refractivity contribution in [3.05, 3.63) is 16.0 Å². The summed E-state index contributed by atoms with van der Waals surface area (Å²) in [6.07, 6.45) is 0. The number of carbonyl (C=O) groups is 2. The van der Waals surface area contributed by atoms with Gasteiger partial charge in [0.05, 0.1) is 11.2 Å². The Morgan fingerprint density at radius 2 is 1.52 bits per heavy atom. The van der Waals surface area contributed by atoms with E-state index in [0.717, 1.165) is 4.88 Å². The zero-order chi connectivity index (χ0) is 19.2. The van der Waals surface area contributed by atoms with Crippen molar-refractivity contribution >= 4 is 28.2 Å². The standard InChI is InChI=1S/C19H27NO4S/c1-16(2)11(17(16,3)4)13(21)20-14-9(15(22)23)10-12(25-14)19(7,8)24-18(10,5)6/h11H,1-8H3,(H,20,21)(H,22,23). The monoisotopic (exact) mass is 365 g/mol. The first-order chi connectivity index (χ1) is 11.1. The van der Waals surface area contributed by atoms with E-state index in [2.05, 4.69) is 33.0 Å². The van der Waals surface area contributed by atoms with Gasteiger partial charge in [0.1, 0.15) is 10.6 Å². The Labute approximate surface area is 152 Å². The Morgan fingerprint density at radius 3 is 1.96 bits per heavy atom. The third kappa shape index (κ3) is 2.37. The molecule has 6 heteroatoms. The van der Waals surface area contributed by atoms with Crippen molar-refractivity contribution in [1.82, 2.24) is 0 Å². The van der Waals surface area contributed by atoms with Gasteiger partial charge in [-0.25, -0.2) is 4.79 Å². The van der Waals surface area contributed by atoms with E-state index < -0.39 is 17.2 Å². The van der Waals surface area contributed by atoms with E-state index in [0.29, 0.717) is 10.6 Å². The number of hydrogen-bond acceptors (Lipinski definition) is 4. The Bertz CT molecular complexity index is 772. The molecule has 1 aromatic heterocycles. The Balaban J connectivity index is 2.03. The molecular formula is C19H27NO4S. The maximum atomic E-state index is 12.8. The number of carboxylic acid groups (broad SMARTS) is 1. The van der Waals surface area contributed by atoms with E-state index in [-0.39, 0.29) is 28.2 Å². The molecule has 1 fully saturated rings. The number of anilines is 1. The number of fused-ring (bicyclic) bond motifs is 1. The molecule has 2 N–H and O–H groups in total. The van der Waals surface area contributed by atoms with Crippen LogP contribution in [-0.2, 0) is 20.7 Å². The van der Waals surface area contributed by atoms with Crippen LogP contribution >= 0.6 is 11.3 Å². The highest BCUT2D eigenvalue weighted by Crippen LogP contribution is 2.68. The van der Waals surface area contributed by atoms with Gasteiger partial charge in [0.25, 0.3) is 0 Å². The SMILES string of the molecule is CC1(C)OC(C)(C)c2c1sc(NC(=O)C1C(C)(C)C1(C)C)c2C(=O)O. The van der Waals surface area contributed by atoms with Crippen molar-refractivity contribution in [1.29, 1.82) is 0 Å². The molecule has 1 aromatic rings. The molecule has 25 heavy (non-hydrogen) atoms. The average molecular weight is 365 g/mol. The van der Waals surface area contributed by atoms with Crippen molar-refractivity contribution in [2.75, 3.05) is 5.32 Å². The molecule has 0 unspecified atom stereocenters. The molecule has 1 saturated carbocycles. The first-order valence-corrected chi connectivity index (χ1v) is 9.38. The molecule has 0 saturated heterocycles. The van der Waals surface area contributed by atoms with Crippen LogP contribution < -0.4 is 5.32 Å². The lowest BCUT2D eigenvalue weighted by Crippen LogP contribution is -2.25. The molecule has 2 heterocycles. The quantitative estimate of drug-likeness (QED) is 0.823. The van der Waals surface area contributed by atoms with E-state index in [1.54, 1.807) is 0 Å². The number of amides is 1. The minimum Gasteiger partial charge on any atom is -0.478 e. The summed E-state index contributed by atoms with van der Waals surface area (Å²) < 4.78 is 6.06. The highest BCUT2D eigenvalue weighted by molar-refractivity contribution is 7.17. The summed E-state index contributed by atoms with van der Waals surface area (Å²) in [7, 11) is 0. The van der Waals surface area contributed by atoms with Crippen molar-refractivity contribution in [3.8, 4) is 0 Å². The Hall–Kier alpha value is -1.40. The van der Waals surface area contributed by atoms with Gasteiger partial charge >= 0.3 is 5.97 Å². The minimum atomic E-state index is -1.03. The largest absolute Gasteiger partial charge is 0.478 e. The van der Waals surface area contributed by atoms with Crippen LogP contribution in [0, 0.1) is 16.7 Å². The second kappa shape index (κ2) is 4.86. The molecule has 0 bridgehead atoms. The summed E-state index contributed by atoms with van der Waals surface area (Å²) in [5.41, 5.74) is -0.622. The number of aromatic carboxylic acids is 1. The van der Waals surface area contributed by atoms with Crippen LogP contribution in [-0.4, -0.2) is 17.0 Å². The van der Waals surface area contributed by atoms with Crippen LogP contribution in [0.5, 0.6) is 0 Å². The minimum absolute atomic E-state index is 0.0951. The summed E-state index contributed by atoms with van der Waals surface area (Å²) in [4.78, 5) is 25.6. The Morgan fingerprint density at radius 1 is 1.00 bits per heavy atom. The van der Waals surface area contributed by atoms with Crippen molar-refractivity contribution in [2.24, 2.45) is 16.7 Å². The molecule has 0 radical (unpaired) electrons. The molecule has 2 aliphatic rings. The summed E-state index contributed by atoms with van der Waals surface area (Å²) in [5, 5.41) is 13.1. The second-order valence-electron chi connectivity index (χ2n) is 9.30. The fourth-order valence-electron chi connectivity index (χ4n) is 4.49. The third-order valence-electron chi connectivity index (χ3n) is 6.30. The number of rotatable bonds is 3. The van der Waals surface area contributed by atoms with Gasteiger partial charge in [-0.15, -0.1) is 11.3 Å². The normalized spacial score (nSPS) is 24.6. The number of hydrogen-bond donors (Lipinski definition) is 2. The number of carboxylic acids is 1. The van der Waals surface area contributed by atoms with Gasteiger partial charge in [-0.05, 0) is 38.5 Å². The summed E-state index contributed by atoms with van der Waals surface area (Å²) in [5.74, 6) is -1.26. The number of thiophene rings is 1. The molecular weight excluding hydrogens is 338 g/mol. The first-order valence-electron chi connectivity index (χ1n) is 8.56. The molecule has 5 nitrogen and oxygen atoms in total. The molecule has 3 rings (SSSR count). The smallest absolute Gasteiger partial charge is 0.339 e. The fraction of sp³-hybridized carbons (Fsp3) is 0.684. The van der Waals surface area contributed by atoms with Crippen molar-refractivity contribution < 1.29 is 19.4 Å². The zero-order valence-electron chi connectivity index (χ0n) is 16.2. The topological polar surface area (TPSA) is 75.6 Å². The molecule has 1 aliphatic heterocycles. The molecule has 0 atom stereocenters. The van der Waals surface area contributed by atoms with Crippen LogP contribution in [0.3, 0.4) is 0 Å². The highest BCUT2D eigenvalue weighted by atomic mass is 32.1. The lowest BCUT2D eigenvalue weighted by Gasteiger charge is -2.26. The molecule has 1 aliphatic carbocycles. The lowest BCUT2D eigenvalue weighted by atomic mass is 9.94. The van der Waals surface area contributed by atoms with Crippen LogP contribution in [0.1, 0.15) is 76.2 Å². The predicted molar refractivity (Wildman–Crippen MR) is 98.1 cm³/mol. The Kier molecular flexibility index (Phi) is 3.57. The summed E-state index contributed by atoms with van der Waals surface area (Å²) in [6, 6.07) is 0. The van der Waals surface area contributed by atoms with Gasteiger partial charge in [-0.2, -0.15) is 0 Å². The molecule has 1 amide bonds. The highest BCUT2D eigenvalue weighted by Gasteiger charge is 2.68. The van der Waals surface area contributed by atoms with E-state index >= 15 is 0 Å². The second-order valence-corrected chi connectivity index (χ2v) is 10.3. The van der Waals surface area contributed by atoms with Crippen LogP contribution in [0.25, 0.3) is 0 Å². The molecule has 0 spiro atoms. The van der Waals surface area contributed by atoms with Gasteiger partial charge in [-0.3, -0.25) is 4.79 Å². The van der Waals surface area contributed by atoms with Gasteiger partial charge in [0.15, 0.2) is 0 Å². The fourth-order valence-corrected chi connectivity index (χ4v) is 5.88. The van der Waals surface area contributed by atoms with Gasteiger partial charge < -0.3 is 15.2 Å². The van der Waals surface area contributed by atoms with E-state index in [1.807, 2.05) is 27.7 Å². The average Bonchev–Trinajstić information content (AvgIpc) is 2.70. The van der Waals surface area contributed by atoms with Crippen LogP contribution in [0.2, 0.25) is 0 Å². The molecule has 0 aromatic carbocycles. The number of nitrogens with one attached hydrogen (secondary N) is 1. The maximum Gasteiger partial charge on any atom is 0.339 e. The molecule has 138 valence electrons. The van der Waals surface area contributed by atoms with Crippen molar-refractivity contribution in [3.63, 3.8) is 0 Å². The number of carbonyl (C=O) groups excluding carboxylic acids is 1.